The Kier molecular flexibility index (Phi) is 11.0. The molecule has 5 nitrogen and oxygen atoms in total. The predicted octanol–water partition coefficient (Wildman–Crippen LogP) is 6.11. The second-order valence-corrected chi connectivity index (χ2v) is 8.45. The zero-order valence-electron chi connectivity index (χ0n) is 16.7. The van der Waals surface area contributed by atoms with Crippen LogP contribution in [0.5, 0.6) is 11.5 Å². The summed E-state index contributed by atoms with van der Waals surface area (Å²) < 4.78 is 21.3. The van der Waals surface area contributed by atoms with Crippen molar-refractivity contribution in [2.24, 2.45) is 0 Å². The molecule has 0 bridgehead atoms. The van der Waals surface area contributed by atoms with Crippen molar-refractivity contribution in [3.8, 4) is 11.5 Å². The van der Waals surface area contributed by atoms with Crippen LogP contribution in [-0.4, -0.2) is 44.9 Å². The summed E-state index contributed by atoms with van der Waals surface area (Å²) in [4.78, 5) is 12.9. The summed E-state index contributed by atoms with van der Waals surface area (Å²) in [6.07, 6.45) is 0.259. The van der Waals surface area contributed by atoms with Crippen LogP contribution in [0.2, 0.25) is 10.0 Å². The molecule has 30 heavy (non-hydrogen) atoms. The van der Waals surface area contributed by atoms with Crippen molar-refractivity contribution in [2.75, 3.05) is 32.8 Å². The second kappa shape index (κ2) is 13.2. The van der Waals surface area contributed by atoms with Gasteiger partial charge in [-0.2, -0.15) is 0 Å². The molecule has 0 aliphatic carbocycles. The van der Waals surface area contributed by atoms with Crippen LogP contribution < -0.4 is 9.47 Å². The molecule has 0 saturated carbocycles. The normalized spacial score (nSPS) is 11.8. The van der Waals surface area contributed by atoms with E-state index in [1.807, 2.05) is 24.3 Å². The Labute approximate surface area is 195 Å². The number of ether oxygens (including phenoxy) is 4. The molecule has 1 unspecified atom stereocenters. The first-order chi connectivity index (χ1) is 14.4. The number of rotatable bonds is 12. The maximum Gasteiger partial charge on any atom is 0.303 e. The maximum atomic E-state index is 11.0. The van der Waals surface area contributed by atoms with Crippen LogP contribution in [0.3, 0.4) is 0 Å². The number of esters is 1. The van der Waals surface area contributed by atoms with Crippen molar-refractivity contribution < 1.29 is 23.7 Å². The second-order valence-electron chi connectivity index (χ2n) is 6.18. The largest absolute Gasteiger partial charge is 0.492 e. The third-order valence-electron chi connectivity index (χ3n) is 3.72. The van der Waals surface area contributed by atoms with E-state index in [1.54, 1.807) is 19.2 Å². The summed E-state index contributed by atoms with van der Waals surface area (Å²) in [5.41, 5.74) is 0. The van der Waals surface area contributed by atoms with Crippen LogP contribution >= 0.6 is 46.6 Å². The van der Waals surface area contributed by atoms with E-state index in [2.05, 4.69) is 0 Å². The zero-order chi connectivity index (χ0) is 21.9. The molecular formula is C21H23Cl3O5S. The van der Waals surface area contributed by atoms with E-state index in [0.717, 1.165) is 16.2 Å². The van der Waals surface area contributed by atoms with Gasteiger partial charge in [0.1, 0.15) is 24.2 Å². The van der Waals surface area contributed by atoms with Gasteiger partial charge >= 0.3 is 5.97 Å². The summed E-state index contributed by atoms with van der Waals surface area (Å²) >= 11 is 19.9. The highest BCUT2D eigenvalue weighted by Gasteiger charge is 2.13. The molecule has 1 atom stereocenters. The van der Waals surface area contributed by atoms with Crippen molar-refractivity contribution in [3.63, 3.8) is 0 Å². The number of methoxy groups -OCH3 is 1. The Balaban J connectivity index is 1.95. The standard InChI is InChI=1S/C21H23Cl3O5S/c1-14(25)29-15(12-22)13-28-21-7-5-17(11-19(21)24)30-16-4-6-20(18(23)10-16)27-9-3-8-26-2/h4-7,10-11,15H,3,8-9,12-13H2,1-2H3. The molecule has 2 aromatic rings. The first-order valence-electron chi connectivity index (χ1n) is 9.17. The van der Waals surface area contributed by atoms with Gasteiger partial charge < -0.3 is 18.9 Å². The molecule has 0 radical (unpaired) electrons. The Morgan fingerprint density at radius 2 is 1.60 bits per heavy atom. The quantitative estimate of drug-likeness (QED) is 0.202. The molecule has 0 aromatic heterocycles. The minimum Gasteiger partial charge on any atom is -0.492 e. The van der Waals surface area contributed by atoms with Crippen molar-refractivity contribution in [3.05, 3.63) is 46.4 Å². The van der Waals surface area contributed by atoms with E-state index in [1.165, 1.54) is 18.7 Å². The third kappa shape index (κ3) is 8.44. The average molecular weight is 494 g/mol. The van der Waals surface area contributed by atoms with Crippen molar-refractivity contribution in [1.82, 2.24) is 0 Å². The third-order valence-corrected chi connectivity index (χ3v) is 5.64. The molecule has 0 N–H and O–H groups in total. The molecule has 0 aliphatic heterocycles. The van der Waals surface area contributed by atoms with E-state index in [4.69, 9.17) is 53.8 Å². The highest BCUT2D eigenvalue weighted by Crippen LogP contribution is 2.36. The van der Waals surface area contributed by atoms with E-state index in [9.17, 15) is 4.79 Å². The van der Waals surface area contributed by atoms with Gasteiger partial charge in [0.05, 0.1) is 22.5 Å². The van der Waals surface area contributed by atoms with Crippen molar-refractivity contribution >= 4 is 52.5 Å². The topological polar surface area (TPSA) is 54.0 Å². The fraction of sp³-hybridized carbons (Fsp3) is 0.381. The monoisotopic (exact) mass is 492 g/mol. The Morgan fingerprint density at radius 3 is 2.10 bits per heavy atom. The molecule has 9 heteroatoms. The molecule has 0 aliphatic rings. The van der Waals surface area contributed by atoms with Gasteiger partial charge in [-0.15, -0.1) is 11.6 Å². The number of alkyl halides is 1. The van der Waals surface area contributed by atoms with Gasteiger partial charge in [-0.25, -0.2) is 0 Å². The lowest BCUT2D eigenvalue weighted by Gasteiger charge is -2.16. The fourth-order valence-corrected chi connectivity index (χ4v) is 4.02. The molecule has 2 aromatic carbocycles. The van der Waals surface area contributed by atoms with Gasteiger partial charge in [0.15, 0.2) is 0 Å². The van der Waals surface area contributed by atoms with Gasteiger partial charge in [-0.1, -0.05) is 35.0 Å². The maximum absolute atomic E-state index is 11.0. The van der Waals surface area contributed by atoms with E-state index < -0.39 is 12.1 Å². The lowest BCUT2D eigenvalue weighted by Crippen LogP contribution is -2.25. The average Bonchev–Trinajstić information content (AvgIpc) is 2.70. The lowest BCUT2D eigenvalue weighted by atomic mass is 10.3. The molecule has 0 fully saturated rings. The SMILES string of the molecule is COCCCOc1ccc(Sc2ccc(OCC(CCl)OC(C)=O)c(Cl)c2)cc1Cl. The van der Waals surface area contributed by atoms with E-state index in [0.29, 0.717) is 34.8 Å². The number of benzene rings is 2. The molecule has 164 valence electrons. The van der Waals surface area contributed by atoms with Gasteiger partial charge in [0.25, 0.3) is 0 Å². The smallest absolute Gasteiger partial charge is 0.303 e. The fourth-order valence-electron chi connectivity index (χ4n) is 2.37. The minimum absolute atomic E-state index is 0.122. The van der Waals surface area contributed by atoms with Crippen LogP contribution in [0.15, 0.2) is 46.2 Å². The molecule has 0 saturated heterocycles. The highest BCUT2D eigenvalue weighted by atomic mass is 35.5. The Bertz CT molecular complexity index is 834. The molecule has 0 spiro atoms. The van der Waals surface area contributed by atoms with Crippen LogP contribution in [0.1, 0.15) is 13.3 Å². The minimum atomic E-state index is -0.536. The van der Waals surface area contributed by atoms with Crippen molar-refractivity contribution in [2.45, 2.75) is 29.2 Å². The highest BCUT2D eigenvalue weighted by molar-refractivity contribution is 7.99. The Hall–Kier alpha value is -1.31. The number of carbonyl (C=O) groups excluding carboxylic acids is 1. The van der Waals surface area contributed by atoms with Crippen LogP contribution in [-0.2, 0) is 14.3 Å². The van der Waals surface area contributed by atoms with Crippen LogP contribution in [0.4, 0.5) is 0 Å². The summed E-state index contributed by atoms with van der Waals surface area (Å²) in [5.74, 6) is 0.853. The lowest BCUT2D eigenvalue weighted by molar-refractivity contribution is -0.146. The van der Waals surface area contributed by atoms with Gasteiger partial charge in [-0.05, 0) is 36.4 Å². The van der Waals surface area contributed by atoms with Gasteiger partial charge in [0, 0.05) is 36.9 Å². The summed E-state index contributed by atoms with van der Waals surface area (Å²) in [7, 11) is 1.66. The van der Waals surface area contributed by atoms with Crippen molar-refractivity contribution in [1.29, 1.82) is 0 Å². The predicted molar refractivity (Wildman–Crippen MR) is 121 cm³/mol. The zero-order valence-corrected chi connectivity index (χ0v) is 19.7. The Morgan fingerprint density at radius 1 is 1.00 bits per heavy atom. The van der Waals surface area contributed by atoms with Gasteiger partial charge in [-0.3, -0.25) is 4.79 Å². The molecular weight excluding hydrogens is 471 g/mol. The molecule has 2 rings (SSSR count). The van der Waals surface area contributed by atoms with E-state index >= 15 is 0 Å². The van der Waals surface area contributed by atoms with Crippen LogP contribution in [0.25, 0.3) is 0 Å². The molecule has 0 heterocycles. The van der Waals surface area contributed by atoms with Crippen LogP contribution in [0, 0.1) is 0 Å². The number of carbonyl (C=O) groups is 1. The molecule has 0 amide bonds. The number of hydrogen-bond donors (Lipinski definition) is 0. The van der Waals surface area contributed by atoms with Gasteiger partial charge in [0.2, 0.25) is 0 Å². The first kappa shape index (κ1) is 25.0. The summed E-state index contributed by atoms with van der Waals surface area (Å²) in [6, 6.07) is 11.1. The summed E-state index contributed by atoms with van der Waals surface area (Å²) in [5, 5.41) is 0.987. The summed E-state index contributed by atoms with van der Waals surface area (Å²) in [6.45, 7) is 2.63. The number of halogens is 3. The van der Waals surface area contributed by atoms with E-state index in [-0.39, 0.29) is 12.5 Å². The number of hydrogen-bond acceptors (Lipinski definition) is 6. The first-order valence-corrected chi connectivity index (χ1v) is 11.3.